The Morgan fingerprint density at radius 3 is 2.68 bits per heavy atom. The Hall–Kier alpha value is -1.03. The molecule has 0 radical (unpaired) electrons. The summed E-state index contributed by atoms with van der Waals surface area (Å²) >= 11 is 0. The lowest BCUT2D eigenvalue weighted by molar-refractivity contribution is 0.350. The molecule has 1 unspecified atom stereocenters. The van der Waals surface area contributed by atoms with Crippen molar-refractivity contribution in [3.8, 4) is 0 Å². The van der Waals surface area contributed by atoms with Crippen LogP contribution in [0.5, 0.6) is 0 Å². The summed E-state index contributed by atoms with van der Waals surface area (Å²) in [5.74, 6) is 1.84. The SMILES string of the molecule is CCCCn1cc(C)nc1N1CCC(C(C)N)CC1. The van der Waals surface area contributed by atoms with Crippen molar-refractivity contribution in [3.05, 3.63) is 11.9 Å². The molecule has 0 aliphatic carbocycles. The fourth-order valence-corrected chi connectivity index (χ4v) is 2.90. The number of nitrogens with zero attached hydrogens (tertiary/aromatic N) is 3. The third-order valence-corrected chi connectivity index (χ3v) is 4.19. The molecule has 2 N–H and O–H groups in total. The molecule has 0 spiro atoms. The number of unbranched alkanes of at least 4 members (excludes halogenated alkanes) is 1. The number of aryl methyl sites for hydroxylation is 2. The Bertz CT molecular complexity index is 389. The highest BCUT2D eigenvalue weighted by Crippen LogP contribution is 2.24. The fraction of sp³-hybridized carbons (Fsp3) is 0.800. The van der Waals surface area contributed by atoms with Crippen molar-refractivity contribution in [1.82, 2.24) is 9.55 Å². The Morgan fingerprint density at radius 2 is 2.11 bits per heavy atom. The molecule has 1 saturated heterocycles. The third kappa shape index (κ3) is 3.50. The quantitative estimate of drug-likeness (QED) is 0.889. The lowest BCUT2D eigenvalue weighted by atomic mass is 9.91. The van der Waals surface area contributed by atoms with E-state index in [-0.39, 0.29) is 0 Å². The van der Waals surface area contributed by atoms with Crippen LogP contribution in [0.3, 0.4) is 0 Å². The average Bonchev–Trinajstić information content (AvgIpc) is 2.77. The average molecular weight is 264 g/mol. The summed E-state index contributed by atoms with van der Waals surface area (Å²) in [5.41, 5.74) is 7.14. The van der Waals surface area contributed by atoms with Crippen molar-refractivity contribution in [1.29, 1.82) is 0 Å². The third-order valence-electron chi connectivity index (χ3n) is 4.19. The molecule has 2 heterocycles. The van der Waals surface area contributed by atoms with E-state index in [0.29, 0.717) is 12.0 Å². The highest BCUT2D eigenvalue weighted by atomic mass is 15.3. The van der Waals surface area contributed by atoms with Crippen LogP contribution in [0.4, 0.5) is 5.95 Å². The molecular weight excluding hydrogens is 236 g/mol. The molecule has 2 rings (SSSR count). The molecular formula is C15H28N4. The van der Waals surface area contributed by atoms with E-state index in [1.807, 2.05) is 0 Å². The van der Waals surface area contributed by atoms with Crippen LogP contribution in [0.1, 0.15) is 45.2 Å². The van der Waals surface area contributed by atoms with Crippen LogP contribution in [0.25, 0.3) is 0 Å². The van der Waals surface area contributed by atoms with Crippen LogP contribution < -0.4 is 10.6 Å². The molecule has 1 aliphatic heterocycles. The molecule has 1 atom stereocenters. The van der Waals surface area contributed by atoms with Crippen molar-refractivity contribution >= 4 is 5.95 Å². The molecule has 0 saturated carbocycles. The number of hydrogen-bond acceptors (Lipinski definition) is 3. The number of aromatic nitrogens is 2. The van der Waals surface area contributed by atoms with Crippen molar-refractivity contribution in [2.75, 3.05) is 18.0 Å². The predicted molar refractivity (Wildman–Crippen MR) is 80.5 cm³/mol. The van der Waals surface area contributed by atoms with Gasteiger partial charge in [0.05, 0.1) is 5.69 Å². The van der Waals surface area contributed by atoms with E-state index in [9.17, 15) is 0 Å². The van der Waals surface area contributed by atoms with Gasteiger partial charge in [-0.3, -0.25) is 0 Å². The first-order chi connectivity index (χ1) is 9.11. The zero-order valence-corrected chi connectivity index (χ0v) is 12.6. The number of nitrogens with two attached hydrogens (primary N) is 1. The van der Waals surface area contributed by atoms with Gasteiger partial charge in [-0.05, 0) is 39.0 Å². The second-order valence-electron chi connectivity index (χ2n) is 5.91. The van der Waals surface area contributed by atoms with Crippen LogP contribution in [-0.2, 0) is 6.54 Å². The van der Waals surface area contributed by atoms with Crippen molar-refractivity contribution in [2.24, 2.45) is 11.7 Å². The summed E-state index contributed by atoms with van der Waals surface area (Å²) < 4.78 is 2.32. The maximum Gasteiger partial charge on any atom is 0.205 e. The summed E-state index contributed by atoms with van der Waals surface area (Å²) in [5, 5.41) is 0. The van der Waals surface area contributed by atoms with Crippen LogP contribution in [0.2, 0.25) is 0 Å². The van der Waals surface area contributed by atoms with E-state index in [1.54, 1.807) is 0 Å². The van der Waals surface area contributed by atoms with Gasteiger partial charge in [0.25, 0.3) is 0 Å². The Labute approximate surface area is 117 Å². The maximum absolute atomic E-state index is 6.01. The number of piperidine rings is 1. The second-order valence-corrected chi connectivity index (χ2v) is 5.91. The second kappa shape index (κ2) is 6.42. The first kappa shape index (κ1) is 14.4. The first-order valence-corrected chi connectivity index (χ1v) is 7.66. The van der Waals surface area contributed by atoms with Gasteiger partial charge in [0, 0.05) is 31.9 Å². The summed E-state index contributed by atoms with van der Waals surface area (Å²) in [6, 6.07) is 0.323. The molecule has 4 heteroatoms. The number of rotatable bonds is 5. The molecule has 108 valence electrons. The molecule has 0 aromatic carbocycles. The molecule has 4 nitrogen and oxygen atoms in total. The van der Waals surface area contributed by atoms with E-state index < -0.39 is 0 Å². The largest absolute Gasteiger partial charge is 0.342 e. The molecule has 1 aliphatic rings. The topological polar surface area (TPSA) is 47.1 Å². The standard InChI is InChI=1S/C15H28N4/c1-4-5-8-19-11-12(2)17-15(19)18-9-6-14(7-10-18)13(3)16/h11,13-14H,4-10,16H2,1-3H3. The van der Waals surface area contributed by atoms with Crippen molar-refractivity contribution in [3.63, 3.8) is 0 Å². The van der Waals surface area contributed by atoms with Gasteiger partial charge in [-0.1, -0.05) is 13.3 Å². The zero-order valence-electron chi connectivity index (χ0n) is 12.6. The summed E-state index contributed by atoms with van der Waals surface area (Å²) in [4.78, 5) is 7.15. The molecule has 1 fully saturated rings. The van der Waals surface area contributed by atoms with E-state index in [1.165, 1.54) is 25.7 Å². The number of hydrogen-bond donors (Lipinski definition) is 1. The summed E-state index contributed by atoms with van der Waals surface area (Å²) in [6.07, 6.45) is 7.01. The maximum atomic E-state index is 6.01. The molecule has 0 amide bonds. The minimum Gasteiger partial charge on any atom is -0.342 e. The van der Waals surface area contributed by atoms with Gasteiger partial charge >= 0.3 is 0 Å². The lowest BCUT2D eigenvalue weighted by Gasteiger charge is -2.34. The van der Waals surface area contributed by atoms with E-state index in [0.717, 1.165) is 31.3 Å². The number of anilines is 1. The molecule has 19 heavy (non-hydrogen) atoms. The van der Waals surface area contributed by atoms with Gasteiger partial charge in [0.1, 0.15) is 0 Å². The van der Waals surface area contributed by atoms with E-state index in [4.69, 9.17) is 10.7 Å². The first-order valence-electron chi connectivity index (χ1n) is 7.66. The highest BCUT2D eigenvalue weighted by Gasteiger charge is 2.24. The smallest absolute Gasteiger partial charge is 0.205 e. The van der Waals surface area contributed by atoms with Crippen LogP contribution in [0, 0.1) is 12.8 Å². The van der Waals surface area contributed by atoms with Gasteiger partial charge < -0.3 is 15.2 Å². The van der Waals surface area contributed by atoms with E-state index >= 15 is 0 Å². The van der Waals surface area contributed by atoms with Crippen LogP contribution in [0.15, 0.2) is 6.20 Å². The highest BCUT2D eigenvalue weighted by molar-refractivity contribution is 5.34. The van der Waals surface area contributed by atoms with Gasteiger partial charge in [0.15, 0.2) is 0 Å². The Balaban J connectivity index is 2.02. The van der Waals surface area contributed by atoms with Gasteiger partial charge in [-0.15, -0.1) is 0 Å². The summed E-state index contributed by atoms with van der Waals surface area (Å²) in [7, 11) is 0. The minimum absolute atomic E-state index is 0.323. The van der Waals surface area contributed by atoms with Gasteiger partial charge in [-0.2, -0.15) is 0 Å². The molecule has 0 bridgehead atoms. The van der Waals surface area contributed by atoms with Crippen molar-refractivity contribution in [2.45, 2.75) is 59.0 Å². The minimum atomic E-state index is 0.323. The van der Waals surface area contributed by atoms with Gasteiger partial charge in [-0.25, -0.2) is 4.98 Å². The Morgan fingerprint density at radius 1 is 1.42 bits per heavy atom. The van der Waals surface area contributed by atoms with Crippen LogP contribution in [-0.4, -0.2) is 28.7 Å². The zero-order chi connectivity index (χ0) is 13.8. The fourth-order valence-electron chi connectivity index (χ4n) is 2.90. The normalized spacial score (nSPS) is 18.8. The van der Waals surface area contributed by atoms with Gasteiger partial charge in [0.2, 0.25) is 5.95 Å². The number of imidazole rings is 1. The van der Waals surface area contributed by atoms with E-state index in [2.05, 4.69) is 36.4 Å². The van der Waals surface area contributed by atoms with Crippen LogP contribution >= 0.6 is 0 Å². The van der Waals surface area contributed by atoms with Crippen molar-refractivity contribution < 1.29 is 0 Å². The predicted octanol–water partition coefficient (Wildman–Crippen LogP) is 2.56. The lowest BCUT2D eigenvalue weighted by Crippen LogP contribution is -2.40. The summed E-state index contributed by atoms with van der Waals surface area (Å²) in [6.45, 7) is 9.72. The molecule has 1 aromatic heterocycles. The monoisotopic (exact) mass is 264 g/mol. The molecule has 1 aromatic rings. The Kier molecular flexibility index (Phi) is 4.86.